The fourth-order valence-electron chi connectivity index (χ4n) is 2.85. The van der Waals surface area contributed by atoms with Gasteiger partial charge < -0.3 is 5.11 Å². The molecule has 0 aliphatic rings. The molecule has 1 atom stereocenters. The smallest absolute Gasteiger partial charge is 0.104 e. The summed E-state index contributed by atoms with van der Waals surface area (Å²) >= 11 is 0. The number of benzene rings is 2. The molecule has 2 aromatic rings. The summed E-state index contributed by atoms with van der Waals surface area (Å²) in [5.41, 5.74) is 7.08. The first-order chi connectivity index (χ1) is 9.55. The molecule has 0 bridgehead atoms. The van der Waals surface area contributed by atoms with Crippen molar-refractivity contribution >= 4 is 0 Å². The van der Waals surface area contributed by atoms with Crippen molar-refractivity contribution < 1.29 is 5.11 Å². The van der Waals surface area contributed by atoms with Gasteiger partial charge in [0.1, 0.15) is 6.10 Å². The van der Waals surface area contributed by atoms with Crippen LogP contribution in [0, 0.1) is 13.8 Å². The van der Waals surface area contributed by atoms with E-state index in [4.69, 9.17) is 0 Å². The van der Waals surface area contributed by atoms with Crippen LogP contribution in [0.4, 0.5) is 0 Å². The van der Waals surface area contributed by atoms with Crippen LogP contribution in [0.5, 0.6) is 0 Å². The molecule has 1 N–H and O–H groups in total. The molecule has 1 nitrogen and oxygen atoms in total. The third-order valence-electron chi connectivity index (χ3n) is 3.87. The van der Waals surface area contributed by atoms with Crippen LogP contribution in [0.2, 0.25) is 0 Å². The highest BCUT2D eigenvalue weighted by atomic mass is 16.3. The highest BCUT2D eigenvalue weighted by molar-refractivity contribution is 5.39. The van der Waals surface area contributed by atoms with Gasteiger partial charge in [-0.15, -0.1) is 0 Å². The third kappa shape index (κ3) is 3.10. The minimum absolute atomic E-state index is 0.537. The van der Waals surface area contributed by atoms with E-state index in [-0.39, 0.29) is 0 Å². The van der Waals surface area contributed by atoms with Crippen LogP contribution >= 0.6 is 0 Å². The quantitative estimate of drug-likeness (QED) is 0.865. The average Bonchev–Trinajstić information content (AvgIpc) is 2.44. The molecule has 0 heterocycles. The topological polar surface area (TPSA) is 20.2 Å². The summed E-state index contributed by atoms with van der Waals surface area (Å²) in [7, 11) is 0. The molecule has 106 valence electrons. The molecule has 1 unspecified atom stereocenters. The Labute approximate surface area is 122 Å². The molecule has 0 aliphatic carbocycles. The summed E-state index contributed by atoms with van der Waals surface area (Å²) in [6.07, 6.45) is 1.52. The van der Waals surface area contributed by atoms with Gasteiger partial charge in [0.05, 0.1) is 0 Å². The number of aryl methyl sites for hydroxylation is 4. The number of hydrogen-bond donors (Lipinski definition) is 1. The van der Waals surface area contributed by atoms with Crippen molar-refractivity contribution in [1.29, 1.82) is 0 Å². The van der Waals surface area contributed by atoms with Gasteiger partial charge in [-0.1, -0.05) is 61.4 Å². The summed E-state index contributed by atoms with van der Waals surface area (Å²) in [4.78, 5) is 0. The normalized spacial score (nSPS) is 12.4. The zero-order chi connectivity index (χ0) is 14.7. The molecule has 0 fully saturated rings. The molecule has 0 spiro atoms. The second-order valence-corrected chi connectivity index (χ2v) is 5.56. The maximum atomic E-state index is 10.6. The van der Waals surface area contributed by atoms with Gasteiger partial charge in [-0.25, -0.2) is 0 Å². The maximum Gasteiger partial charge on any atom is 0.104 e. The molecule has 0 saturated carbocycles. The summed E-state index contributed by atoms with van der Waals surface area (Å²) in [6.45, 7) is 8.48. The Balaban J connectivity index is 2.39. The highest BCUT2D eigenvalue weighted by Gasteiger charge is 2.12. The Kier molecular flexibility index (Phi) is 4.61. The Bertz CT molecular complexity index is 578. The maximum absolute atomic E-state index is 10.6. The molecule has 0 saturated heterocycles. The minimum Gasteiger partial charge on any atom is -0.384 e. The molecule has 0 amide bonds. The van der Waals surface area contributed by atoms with Crippen molar-refractivity contribution in [1.82, 2.24) is 0 Å². The summed E-state index contributed by atoms with van der Waals surface area (Å²) < 4.78 is 0. The van der Waals surface area contributed by atoms with Gasteiger partial charge in [0.2, 0.25) is 0 Å². The Morgan fingerprint density at radius 3 is 1.95 bits per heavy atom. The Morgan fingerprint density at radius 1 is 0.800 bits per heavy atom. The highest BCUT2D eigenvalue weighted by Crippen LogP contribution is 2.26. The van der Waals surface area contributed by atoms with E-state index in [0.29, 0.717) is 0 Å². The monoisotopic (exact) mass is 268 g/mol. The Hall–Kier alpha value is -1.60. The first-order valence-electron chi connectivity index (χ1n) is 7.43. The lowest BCUT2D eigenvalue weighted by molar-refractivity contribution is 0.220. The Morgan fingerprint density at radius 2 is 1.40 bits per heavy atom. The van der Waals surface area contributed by atoms with Crippen LogP contribution in [0.25, 0.3) is 0 Å². The van der Waals surface area contributed by atoms with Gasteiger partial charge in [0.25, 0.3) is 0 Å². The molecule has 2 rings (SSSR count). The van der Waals surface area contributed by atoms with E-state index in [0.717, 1.165) is 24.0 Å². The fourth-order valence-corrected chi connectivity index (χ4v) is 2.85. The van der Waals surface area contributed by atoms with E-state index >= 15 is 0 Å². The van der Waals surface area contributed by atoms with Crippen molar-refractivity contribution in [2.75, 3.05) is 0 Å². The van der Waals surface area contributed by atoms with Crippen LogP contribution in [0.3, 0.4) is 0 Å². The van der Waals surface area contributed by atoms with E-state index in [1.54, 1.807) is 0 Å². The third-order valence-corrected chi connectivity index (χ3v) is 3.87. The van der Waals surface area contributed by atoms with E-state index in [1.807, 2.05) is 0 Å². The van der Waals surface area contributed by atoms with Crippen molar-refractivity contribution in [2.45, 2.75) is 46.6 Å². The fraction of sp³-hybridized carbons (Fsp3) is 0.368. The minimum atomic E-state index is -0.537. The predicted octanol–water partition coefficient (Wildman–Crippen LogP) is 4.51. The summed E-state index contributed by atoms with van der Waals surface area (Å²) in [5, 5.41) is 10.6. The number of aliphatic hydroxyl groups is 1. The van der Waals surface area contributed by atoms with Crippen molar-refractivity contribution in [3.63, 3.8) is 0 Å². The second kappa shape index (κ2) is 6.23. The van der Waals surface area contributed by atoms with Gasteiger partial charge in [0, 0.05) is 0 Å². The van der Waals surface area contributed by atoms with Crippen molar-refractivity contribution in [2.24, 2.45) is 0 Å². The molecular weight excluding hydrogens is 244 g/mol. The van der Waals surface area contributed by atoms with Crippen LogP contribution in [0.1, 0.15) is 53.3 Å². The van der Waals surface area contributed by atoms with Crippen molar-refractivity contribution in [3.8, 4) is 0 Å². The van der Waals surface area contributed by atoms with Gasteiger partial charge in [-0.05, 0) is 48.9 Å². The average molecular weight is 268 g/mol. The summed E-state index contributed by atoms with van der Waals surface area (Å²) in [5.74, 6) is 0. The molecule has 2 aromatic carbocycles. The van der Waals surface area contributed by atoms with Gasteiger partial charge in [-0.2, -0.15) is 0 Å². The van der Waals surface area contributed by atoms with Crippen LogP contribution in [0.15, 0.2) is 36.4 Å². The molecule has 0 aliphatic heterocycles. The van der Waals surface area contributed by atoms with E-state index in [2.05, 4.69) is 64.1 Å². The largest absolute Gasteiger partial charge is 0.384 e. The van der Waals surface area contributed by atoms with Gasteiger partial charge >= 0.3 is 0 Å². The standard InChI is InChI=1S/C19H24O/c1-5-15-7-8-17(12-16(15)6-2)19(20)18-10-13(3)9-14(4)11-18/h7-12,19-20H,5-6H2,1-4H3. The molecule has 1 heteroatoms. The van der Waals surface area contributed by atoms with Crippen LogP contribution < -0.4 is 0 Å². The molecule has 0 aromatic heterocycles. The second-order valence-electron chi connectivity index (χ2n) is 5.56. The SMILES string of the molecule is CCc1ccc(C(O)c2cc(C)cc(C)c2)cc1CC. The van der Waals surface area contributed by atoms with Crippen LogP contribution in [-0.4, -0.2) is 5.11 Å². The number of rotatable bonds is 4. The number of hydrogen-bond acceptors (Lipinski definition) is 1. The van der Waals surface area contributed by atoms with E-state index in [9.17, 15) is 5.11 Å². The zero-order valence-electron chi connectivity index (χ0n) is 12.9. The van der Waals surface area contributed by atoms with E-state index < -0.39 is 6.10 Å². The molecular formula is C19H24O. The van der Waals surface area contributed by atoms with Crippen LogP contribution in [-0.2, 0) is 12.8 Å². The lowest BCUT2D eigenvalue weighted by Gasteiger charge is -2.16. The summed E-state index contributed by atoms with van der Waals surface area (Å²) in [6, 6.07) is 12.6. The molecule has 0 radical (unpaired) electrons. The van der Waals surface area contributed by atoms with Gasteiger partial charge in [0.15, 0.2) is 0 Å². The first-order valence-corrected chi connectivity index (χ1v) is 7.43. The zero-order valence-corrected chi connectivity index (χ0v) is 12.9. The molecule has 20 heavy (non-hydrogen) atoms. The lowest BCUT2D eigenvalue weighted by atomic mass is 9.93. The predicted molar refractivity (Wildman–Crippen MR) is 85.2 cm³/mol. The first kappa shape index (κ1) is 14.8. The van der Waals surface area contributed by atoms with Gasteiger partial charge in [-0.3, -0.25) is 0 Å². The lowest BCUT2D eigenvalue weighted by Crippen LogP contribution is -2.03. The van der Waals surface area contributed by atoms with E-state index in [1.165, 1.54) is 22.3 Å². The van der Waals surface area contributed by atoms with Crippen molar-refractivity contribution in [3.05, 3.63) is 69.8 Å². The number of aliphatic hydroxyl groups excluding tert-OH is 1.